The van der Waals surface area contributed by atoms with Crippen molar-refractivity contribution < 1.29 is 0 Å². The quantitative estimate of drug-likeness (QED) is 0.691. The van der Waals surface area contributed by atoms with Gasteiger partial charge < -0.3 is 10.3 Å². The highest BCUT2D eigenvalue weighted by Gasteiger charge is 2.08. The van der Waals surface area contributed by atoms with Gasteiger partial charge in [0.25, 0.3) is 0 Å². The van der Waals surface area contributed by atoms with E-state index in [0.717, 1.165) is 12.1 Å². The van der Waals surface area contributed by atoms with Crippen LogP contribution in [0, 0.1) is 6.92 Å². The van der Waals surface area contributed by atoms with E-state index < -0.39 is 0 Å². The first-order valence-corrected chi connectivity index (χ1v) is 6.53. The van der Waals surface area contributed by atoms with Crippen LogP contribution >= 0.6 is 0 Å². The fraction of sp³-hybridized carbons (Fsp3) is 0.176. The van der Waals surface area contributed by atoms with Gasteiger partial charge in [0.1, 0.15) is 0 Å². The van der Waals surface area contributed by atoms with E-state index in [1.165, 1.54) is 27.6 Å². The summed E-state index contributed by atoms with van der Waals surface area (Å²) in [6.45, 7) is 2.10. The van der Waals surface area contributed by atoms with Crippen molar-refractivity contribution >= 4 is 16.6 Å². The van der Waals surface area contributed by atoms with E-state index in [0.29, 0.717) is 0 Å². The van der Waals surface area contributed by atoms with E-state index in [4.69, 9.17) is 5.73 Å². The van der Waals surface area contributed by atoms with Gasteiger partial charge in [0.15, 0.2) is 0 Å². The number of aromatic nitrogens is 1. The first-order valence-electron chi connectivity index (χ1n) is 6.53. The molecule has 0 aliphatic heterocycles. The Morgan fingerprint density at radius 2 is 1.84 bits per heavy atom. The second-order valence-electron chi connectivity index (χ2n) is 5.16. The average molecular weight is 250 g/mol. The molecule has 2 heteroatoms. The van der Waals surface area contributed by atoms with Crippen molar-refractivity contribution in [3.05, 3.63) is 65.4 Å². The molecule has 0 amide bonds. The van der Waals surface area contributed by atoms with E-state index in [1.807, 2.05) is 6.07 Å². The number of hydrogen-bond donors (Lipinski definition) is 1. The van der Waals surface area contributed by atoms with E-state index in [-0.39, 0.29) is 0 Å². The summed E-state index contributed by atoms with van der Waals surface area (Å²) in [7, 11) is 2.09. The summed E-state index contributed by atoms with van der Waals surface area (Å²) in [4.78, 5) is 0. The summed E-state index contributed by atoms with van der Waals surface area (Å²) in [5, 5.41) is 1.31. The highest BCUT2D eigenvalue weighted by Crippen LogP contribution is 2.25. The molecule has 0 radical (unpaired) electrons. The third-order valence-electron chi connectivity index (χ3n) is 3.66. The summed E-state index contributed by atoms with van der Waals surface area (Å²) in [5.74, 6) is 0. The Bertz CT molecular complexity index is 738. The van der Waals surface area contributed by atoms with Crippen molar-refractivity contribution in [1.29, 1.82) is 0 Å². The maximum absolute atomic E-state index is 6.08. The zero-order chi connectivity index (χ0) is 13.4. The molecular weight excluding hydrogens is 232 g/mol. The van der Waals surface area contributed by atoms with Crippen molar-refractivity contribution in [2.24, 2.45) is 7.05 Å². The lowest BCUT2D eigenvalue weighted by atomic mass is 10.0. The van der Waals surface area contributed by atoms with Gasteiger partial charge in [-0.25, -0.2) is 0 Å². The molecule has 96 valence electrons. The van der Waals surface area contributed by atoms with Gasteiger partial charge >= 0.3 is 0 Å². The topological polar surface area (TPSA) is 30.9 Å². The molecule has 0 saturated carbocycles. The van der Waals surface area contributed by atoms with Crippen LogP contribution in [0.1, 0.15) is 16.7 Å². The SMILES string of the molecule is Cc1ccc(N)c(Cc2cn(C)c3ccccc23)c1. The van der Waals surface area contributed by atoms with Crippen LogP contribution in [-0.4, -0.2) is 4.57 Å². The molecule has 2 N–H and O–H groups in total. The molecule has 3 rings (SSSR count). The normalized spacial score (nSPS) is 11.1. The van der Waals surface area contributed by atoms with Gasteiger partial charge in [-0.05, 0) is 30.2 Å². The molecule has 3 aromatic rings. The molecule has 0 spiro atoms. The second-order valence-corrected chi connectivity index (χ2v) is 5.16. The van der Waals surface area contributed by atoms with E-state index in [2.05, 4.69) is 61.1 Å². The zero-order valence-electron chi connectivity index (χ0n) is 11.4. The Kier molecular flexibility index (Phi) is 2.79. The summed E-state index contributed by atoms with van der Waals surface area (Å²) in [6, 6.07) is 14.7. The fourth-order valence-electron chi connectivity index (χ4n) is 2.66. The molecular formula is C17H18N2. The average Bonchev–Trinajstić information content (AvgIpc) is 2.72. The van der Waals surface area contributed by atoms with Crippen LogP contribution in [0.4, 0.5) is 5.69 Å². The summed E-state index contributed by atoms with van der Waals surface area (Å²) >= 11 is 0. The minimum Gasteiger partial charge on any atom is -0.398 e. The molecule has 1 aromatic heterocycles. The molecule has 0 saturated heterocycles. The fourth-order valence-corrected chi connectivity index (χ4v) is 2.66. The molecule has 0 unspecified atom stereocenters. The lowest BCUT2D eigenvalue weighted by molar-refractivity contribution is 0.958. The molecule has 2 nitrogen and oxygen atoms in total. The molecule has 0 atom stereocenters. The van der Waals surface area contributed by atoms with Crippen LogP contribution in [-0.2, 0) is 13.5 Å². The first-order chi connectivity index (χ1) is 9.15. The monoisotopic (exact) mass is 250 g/mol. The van der Waals surface area contributed by atoms with Crippen molar-refractivity contribution in [3.8, 4) is 0 Å². The molecule has 0 aliphatic carbocycles. The summed E-state index contributed by atoms with van der Waals surface area (Å²) < 4.78 is 2.18. The Balaban J connectivity index is 2.08. The maximum atomic E-state index is 6.08. The van der Waals surface area contributed by atoms with Gasteiger partial charge in [-0.15, -0.1) is 0 Å². The van der Waals surface area contributed by atoms with E-state index in [9.17, 15) is 0 Å². The van der Waals surface area contributed by atoms with Crippen LogP contribution in [0.2, 0.25) is 0 Å². The number of rotatable bonds is 2. The van der Waals surface area contributed by atoms with Gasteiger partial charge in [0, 0.05) is 36.3 Å². The Morgan fingerprint density at radius 1 is 1.05 bits per heavy atom. The number of benzene rings is 2. The van der Waals surface area contributed by atoms with Crippen LogP contribution < -0.4 is 5.73 Å². The molecule has 0 bridgehead atoms. The largest absolute Gasteiger partial charge is 0.398 e. The van der Waals surface area contributed by atoms with Crippen LogP contribution in [0.5, 0.6) is 0 Å². The molecule has 2 aromatic carbocycles. The maximum Gasteiger partial charge on any atom is 0.0480 e. The number of para-hydroxylation sites is 1. The van der Waals surface area contributed by atoms with Crippen molar-refractivity contribution in [2.45, 2.75) is 13.3 Å². The molecule has 1 heterocycles. The Labute approximate surface area is 113 Å². The molecule has 0 aliphatic rings. The van der Waals surface area contributed by atoms with E-state index in [1.54, 1.807) is 0 Å². The Morgan fingerprint density at radius 3 is 2.68 bits per heavy atom. The number of nitrogens with zero attached hydrogens (tertiary/aromatic N) is 1. The summed E-state index contributed by atoms with van der Waals surface area (Å²) in [5.41, 5.74) is 12.0. The first kappa shape index (κ1) is 11.8. The van der Waals surface area contributed by atoms with Gasteiger partial charge in [0.05, 0.1) is 0 Å². The van der Waals surface area contributed by atoms with Gasteiger partial charge in [-0.1, -0.05) is 35.9 Å². The third kappa shape index (κ3) is 2.10. The molecule has 19 heavy (non-hydrogen) atoms. The number of hydrogen-bond acceptors (Lipinski definition) is 1. The standard InChI is InChI=1S/C17H18N2/c1-12-7-8-16(18)13(9-12)10-14-11-19(2)17-6-4-3-5-15(14)17/h3-9,11H,10,18H2,1-2H3. The van der Waals surface area contributed by atoms with Crippen LogP contribution in [0.25, 0.3) is 10.9 Å². The minimum absolute atomic E-state index is 0.874. The highest BCUT2D eigenvalue weighted by atomic mass is 14.9. The van der Waals surface area contributed by atoms with Crippen molar-refractivity contribution in [3.63, 3.8) is 0 Å². The number of nitrogen functional groups attached to an aromatic ring is 1. The van der Waals surface area contributed by atoms with Crippen molar-refractivity contribution in [2.75, 3.05) is 5.73 Å². The predicted molar refractivity (Wildman–Crippen MR) is 81.3 cm³/mol. The third-order valence-corrected chi connectivity index (χ3v) is 3.66. The number of fused-ring (bicyclic) bond motifs is 1. The van der Waals surface area contributed by atoms with Gasteiger partial charge in [0.2, 0.25) is 0 Å². The minimum atomic E-state index is 0.874. The lowest BCUT2D eigenvalue weighted by Crippen LogP contribution is -1.96. The summed E-state index contributed by atoms with van der Waals surface area (Å²) in [6.07, 6.45) is 3.08. The molecule has 0 fully saturated rings. The Hall–Kier alpha value is -2.22. The highest BCUT2D eigenvalue weighted by molar-refractivity contribution is 5.84. The van der Waals surface area contributed by atoms with Crippen LogP contribution in [0.15, 0.2) is 48.7 Å². The lowest BCUT2D eigenvalue weighted by Gasteiger charge is -2.06. The predicted octanol–water partition coefficient (Wildman–Crippen LogP) is 3.66. The smallest absolute Gasteiger partial charge is 0.0480 e. The van der Waals surface area contributed by atoms with E-state index >= 15 is 0 Å². The van der Waals surface area contributed by atoms with Gasteiger partial charge in [-0.2, -0.15) is 0 Å². The number of nitrogens with two attached hydrogens (primary N) is 1. The second kappa shape index (κ2) is 4.47. The van der Waals surface area contributed by atoms with Crippen LogP contribution in [0.3, 0.4) is 0 Å². The van der Waals surface area contributed by atoms with Crippen molar-refractivity contribution in [1.82, 2.24) is 4.57 Å². The van der Waals surface area contributed by atoms with Gasteiger partial charge in [-0.3, -0.25) is 0 Å². The zero-order valence-corrected chi connectivity index (χ0v) is 11.4. The number of aryl methyl sites for hydroxylation is 2. The number of anilines is 1.